The number of aliphatic imine (C=N–C) groups is 1. The van der Waals surface area contributed by atoms with Gasteiger partial charge in [0.2, 0.25) is 5.91 Å². The highest BCUT2D eigenvalue weighted by atomic mass is 127. The van der Waals surface area contributed by atoms with E-state index in [9.17, 15) is 4.79 Å². The van der Waals surface area contributed by atoms with E-state index in [0.717, 1.165) is 44.4 Å². The first-order chi connectivity index (χ1) is 12.0. The molecule has 152 valence electrons. The van der Waals surface area contributed by atoms with E-state index in [2.05, 4.69) is 39.3 Å². The molecule has 2 heterocycles. The summed E-state index contributed by atoms with van der Waals surface area (Å²) in [5.41, 5.74) is 0. The van der Waals surface area contributed by atoms with Gasteiger partial charge in [-0.3, -0.25) is 14.7 Å². The summed E-state index contributed by atoms with van der Waals surface area (Å²) in [6.45, 7) is 9.97. The molecule has 26 heavy (non-hydrogen) atoms. The quantitative estimate of drug-likeness (QED) is 0.348. The summed E-state index contributed by atoms with van der Waals surface area (Å²) in [5, 5.41) is 6.34. The number of nitrogens with one attached hydrogen (secondary N) is 2. The summed E-state index contributed by atoms with van der Waals surface area (Å²) in [7, 11) is 3.59. The first kappa shape index (κ1) is 23.5. The topological polar surface area (TPSA) is 60.0 Å². The molecular weight excluding hydrogens is 441 g/mol. The highest BCUT2D eigenvalue weighted by Gasteiger charge is 2.27. The van der Waals surface area contributed by atoms with Crippen LogP contribution in [-0.2, 0) is 4.79 Å². The minimum absolute atomic E-state index is 0. The molecule has 0 bridgehead atoms. The summed E-state index contributed by atoms with van der Waals surface area (Å²) < 4.78 is 0. The number of nitrogens with zero attached hydrogens (tertiary/aromatic N) is 3. The molecule has 0 aliphatic carbocycles. The van der Waals surface area contributed by atoms with Gasteiger partial charge in [0, 0.05) is 52.7 Å². The fraction of sp³-hybridized carbons (Fsp3) is 0.895. The van der Waals surface area contributed by atoms with E-state index in [1.165, 1.54) is 25.9 Å². The lowest BCUT2D eigenvalue weighted by Crippen LogP contribution is -2.49. The molecule has 2 aliphatic rings. The Kier molecular flexibility index (Phi) is 10.8. The molecule has 0 spiro atoms. The number of rotatable bonds is 6. The molecule has 6 nitrogen and oxygen atoms in total. The molecule has 2 fully saturated rings. The third kappa shape index (κ3) is 7.21. The number of amides is 1. The second kappa shape index (κ2) is 12.0. The van der Waals surface area contributed by atoms with Crippen LogP contribution in [0.2, 0.25) is 0 Å². The van der Waals surface area contributed by atoms with Crippen molar-refractivity contribution in [2.24, 2.45) is 16.8 Å². The number of carbonyl (C=O) groups excluding carboxylic acids is 1. The Hall–Kier alpha value is -0.570. The first-order valence-electron chi connectivity index (χ1n) is 9.93. The van der Waals surface area contributed by atoms with Crippen molar-refractivity contribution in [3.8, 4) is 0 Å². The lowest BCUT2D eigenvalue weighted by molar-refractivity contribution is -0.121. The molecule has 0 aromatic rings. The van der Waals surface area contributed by atoms with Crippen molar-refractivity contribution < 1.29 is 4.79 Å². The molecular formula is C19H38IN5O. The summed E-state index contributed by atoms with van der Waals surface area (Å²) >= 11 is 0. The molecule has 1 amide bonds. The van der Waals surface area contributed by atoms with Gasteiger partial charge in [0.15, 0.2) is 5.96 Å². The Morgan fingerprint density at radius 3 is 2.46 bits per heavy atom. The van der Waals surface area contributed by atoms with Crippen LogP contribution >= 0.6 is 24.0 Å². The van der Waals surface area contributed by atoms with Crippen LogP contribution in [0.15, 0.2) is 4.99 Å². The zero-order valence-corrected chi connectivity index (χ0v) is 19.3. The minimum Gasteiger partial charge on any atom is -0.359 e. The van der Waals surface area contributed by atoms with Crippen molar-refractivity contribution in [2.75, 3.05) is 46.8 Å². The zero-order chi connectivity index (χ0) is 18.2. The SMILES string of the molecule is CN=C(NC[C@H]1CCCN1CC(C)C)N1CCC(CC(=O)NC)CC1.I. The van der Waals surface area contributed by atoms with Gasteiger partial charge in [0.25, 0.3) is 0 Å². The lowest BCUT2D eigenvalue weighted by atomic mass is 9.93. The van der Waals surface area contributed by atoms with Crippen LogP contribution in [0.25, 0.3) is 0 Å². The molecule has 1 atom stereocenters. The van der Waals surface area contributed by atoms with Gasteiger partial charge in [-0.25, -0.2) is 0 Å². The van der Waals surface area contributed by atoms with Gasteiger partial charge in [-0.1, -0.05) is 13.8 Å². The third-order valence-corrected chi connectivity index (χ3v) is 5.47. The summed E-state index contributed by atoms with van der Waals surface area (Å²) in [5.74, 6) is 2.41. The Bertz CT molecular complexity index is 449. The van der Waals surface area contributed by atoms with Gasteiger partial charge in [-0.05, 0) is 44.1 Å². The molecule has 0 aromatic carbocycles. The van der Waals surface area contributed by atoms with E-state index in [0.29, 0.717) is 18.4 Å². The highest BCUT2D eigenvalue weighted by molar-refractivity contribution is 14.0. The molecule has 0 unspecified atom stereocenters. The van der Waals surface area contributed by atoms with Crippen molar-refractivity contribution in [2.45, 2.75) is 52.0 Å². The fourth-order valence-electron chi connectivity index (χ4n) is 4.09. The van der Waals surface area contributed by atoms with Crippen molar-refractivity contribution in [1.82, 2.24) is 20.4 Å². The van der Waals surface area contributed by atoms with Gasteiger partial charge in [-0.2, -0.15) is 0 Å². The molecule has 2 saturated heterocycles. The lowest BCUT2D eigenvalue weighted by Gasteiger charge is -2.35. The van der Waals surface area contributed by atoms with Gasteiger partial charge >= 0.3 is 0 Å². The average Bonchev–Trinajstić information content (AvgIpc) is 3.03. The second-order valence-electron chi connectivity index (χ2n) is 7.92. The zero-order valence-electron chi connectivity index (χ0n) is 17.0. The molecule has 0 radical (unpaired) electrons. The normalized spacial score (nSPS) is 22.4. The van der Waals surface area contributed by atoms with E-state index < -0.39 is 0 Å². The molecule has 0 saturated carbocycles. The standard InChI is InChI=1S/C19H37N5O.HI/c1-15(2)14-24-9-5-6-17(24)13-22-19(21-4)23-10-7-16(8-11-23)12-18(25)20-3;/h15-17H,5-14H2,1-4H3,(H,20,25)(H,21,22);1H/t17-;/m1./s1. The van der Waals surface area contributed by atoms with Crippen LogP contribution < -0.4 is 10.6 Å². The Morgan fingerprint density at radius 1 is 1.19 bits per heavy atom. The van der Waals surface area contributed by atoms with Gasteiger partial charge in [-0.15, -0.1) is 24.0 Å². The van der Waals surface area contributed by atoms with E-state index in [-0.39, 0.29) is 29.9 Å². The smallest absolute Gasteiger partial charge is 0.220 e. The number of hydrogen-bond donors (Lipinski definition) is 2. The van der Waals surface area contributed by atoms with E-state index in [1.807, 2.05) is 7.05 Å². The molecule has 2 aliphatic heterocycles. The molecule has 7 heteroatoms. The van der Waals surface area contributed by atoms with Crippen LogP contribution in [0.1, 0.15) is 46.0 Å². The van der Waals surface area contributed by atoms with Crippen molar-refractivity contribution in [3.05, 3.63) is 0 Å². The first-order valence-corrected chi connectivity index (χ1v) is 9.93. The average molecular weight is 479 g/mol. The summed E-state index contributed by atoms with van der Waals surface area (Å²) in [6.07, 6.45) is 5.38. The third-order valence-electron chi connectivity index (χ3n) is 5.47. The van der Waals surface area contributed by atoms with Gasteiger partial charge in [0.1, 0.15) is 0 Å². The maximum absolute atomic E-state index is 11.5. The number of likely N-dealkylation sites (tertiary alicyclic amines) is 2. The van der Waals surface area contributed by atoms with Crippen LogP contribution in [0.3, 0.4) is 0 Å². The summed E-state index contributed by atoms with van der Waals surface area (Å²) in [6, 6.07) is 0.630. The number of halogens is 1. The van der Waals surface area contributed by atoms with E-state index in [4.69, 9.17) is 0 Å². The number of piperidine rings is 1. The Balaban J connectivity index is 0.00000338. The predicted octanol–water partition coefficient (Wildman–Crippen LogP) is 2.15. The molecule has 2 rings (SSSR count). The molecule has 2 N–H and O–H groups in total. The largest absolute Gasteiger partial charge is 0.359 e. The maximum Gasteiger partial charge on any atom is 0.220 e. The van der Waals surface area contributed by atoms with Crippen LogP contribution in [0.4, 0.5) is 0 Å². The van der Waals surface area contributed by atoms with Crippen molar-refractivity contribution in [3.63, 3.8) is 0 Å². The number of hydrogen-bond acceptors (Lipinski definition) is 3. The van der Waals surface area contributed by atoms with Gasteiger partial charge < -0.3 is 15.5 Å². The Morgan fingerprint density at radius 2 is 1.88 bits per heavy atom. The highest BCUT2D eigenvalue weighted by Crippen LogP contribution is 2.21. The van der Waals surface area contributed by atoms with Crippen LogP contribution in [-0.4, -0.2) is 74.5 Å². The monoisotopic (exact) mass is 479 g/mol. The van der Waals surface area contributed by atoms with Crippen molar-refractivity contribution in [1.29, 1.82) is 0 Å². The van der Waals surface area contributed by atoms with Crippen LogP contribution in [0.5, 0.6) is 0 Å². The molecule has 0 aromatic heterocycles. The van der Waals surface area contributed by atoms with Crippen LogP contribution in [0, 0.1) is 11.8 Å². The van der Waals surface area contributed by atoms with E-state index >= 15 is 0 Å². The number of carbonyl (C=O) groups is 1. The van der Waals surface area contributed by atoms with Crippen molar-refractivity contribution >= 4 is 35.8 Å². The van der Waals surface area contributed by atoms with E-state index in [1.54, 1.807) is 7.05 Å². The van der Waals surface area contributed by atoms with Gasteiger partial charge in [0.05, 0.1) is 0 Å². The second-order valence-corrected chi connectivity index (χ2v) is 7.92. The Labute approximate surface area is 176 Å². The fourth-order valence-corrected chi connectivity index (χ4v) is 4.09. The summed E-state index contributed by atoms with van der Waals surface area (Å²) in [4.78, 5) is 21.0. The predicted molar refractivity (Wildman–Crippen MR) is 119 cm³/mol. The minimum atomic E-state index is 0. The number of guanidine groups is 1. The maximum atomic E-state index is 11.5.